The highest BCUT2D eigenvalue weighted by molar-refractivity contribution is 8.17. The van der Waals surface area contributed by atoms with E-state index >= 15 is 0 Å². The molecule has 146 valence electrons. The summed E-state index contributed by atoms with van der Waals surface area (Å²) in [7, 11) is 0. The average Bonchev–Trinajstić information content (AvgIpc) is 3.18. The van der Waals surface area contributed by atoms with Gasteiger partial charge in [0.1, 0.15) is 17.6 Å². The van der Waals surface area contributed by atoms with Crippen LogP contribution in [-0.4, -0.2) is 15.9 Å². The van der Waals surface area contributed by atoms with Crippen molar-refractivity contribution < 1.29 is 9.18 Å². The maximum atomic E-state index is 14.9. The first-order valence-corrected chi connectivity index (χ1v) is 10.1. The molecule has 29 heavy (non-hydrogen) atoms. The lowest BCUT2D eigenvalue weighted by Crippen LogP contribution is -2.36. The molecule has 1 aliphatic heterocycles. The molecule has 5 nitrogen and oxygen atoms in total. The van der Waals surface area contributed by atoms with Crippen molar-refractivity contribution in [3.8, 4) is 6.07 Å². The highest BCUT2D eigenvalue weighted by Crippen LogP contribution is 2.51. The molecular weight excluding hydrogens is 387 g/mol. The van der Waals surface area contributed by atoms with Crippen LogP contribution in [-0.2, 0) is 12.0 Å². The zero-order valence-electron chi connectivity index (χ0n) is 15.9. The number of hydrogen-bond acceptors (Lipinski definition) is 6. The van der Waals surface area contributed by atoms with Crippen molar-refractivity contribution in [2.24, 2.45) is 16.6 Å². The van der Waals surface area contributed by atoms with Gasteiger partial charge in [0.2, 0.25) is 0 Å². The Morgan fingerprint density at radius 2 is 2.24 bits per heavy atom. The fourth-order valence-corrected chi connectivity index (χ4v) is 5.18. The van der Waals surface area contributed by atoms with Crippen molar-refractivity contribution in [2.75, 3.05) is 0 Å². The zero-order valence-corrected chi connectivity index (χ0v) is 16.7. The van der Waals surface area contributed by atoms with Crippen LogP contribution in [0.5, 0.6) is 0 Å². The summed E-state index contributed by atoms with van der Waals surface area (Å²) in [5, 5.41) is 9.29. The van der Waals surface area contributed by atoms with E-state index in [1.165, 1.54) is 30.1 Å². The maximum Gasteiger partial charge on any atom is 0.185 e. The van der Waals surface area contributed by atoms with Crippen LogP contribution in [0.1, 0.15) is 46.9 Å². The van der Waals surface area contributed by atoms with Gasteiger partial charge in [0, 0.05) is 24.1 Å². The summed E-state index contributed by atoms with van der Waals surface area (Å²) in [6.07, 6.45) is 5.43. The fraction of sp³-hybridized carbons (Fsp3) is 0.273. The molecule has 0 saturated heterocycles. The molecule has 1 unspecified atom stereocenters. The van der Waals surface area contributed by atoms with Gasteiger partial charge in [0.15, 0.2) is 11.0 Å². The van der Waals surface area contributed by atoms with E-state index in [-0.39, 0.29) is 29.6 Å². The number of thioether (sulfide) groups is 1. The molecule has 2 heterocycles. The molecule has 0 fully saturated rings. The Hall–Kier alpha value is -2.98. The quantitative estimate of drug-likeness (QED) is 0.772. The molecule has 0 amide bonds. The Labute approximate surface area is 172 Å². The molecule has 4 rings (SSSR count). The van der Waals surface area contributed by atoms with Crippen molar-refractivity contribution in [1.82, 2.24) is 4.98 Å². The van der Waals surface area contributed by atoms with E-state index in [2.05, 4.69) is 16.1 Å². The van der Waals surface area contributed by atoms with Gasteiger partial charge in [-0.3, -0.25) is 14.8 Å². The lowest BCUT2D eigenvalue weighted by molar-refractivity contribution is 0.0988. The lowest BCUT2D eigenvalue weighted by atomic mass is 9.78. The maximum absolute atomic E-state index is 14.9. The van der Waals surface area contributed by atoms with Gasteiger partial charge in [-0.05, 0) is 54.5 Å². The third-order valence-corrected chi connectivity index (χ3v) is 6.49. The zero-order chi connectivity index (χ0) is 20.6. The number of ketones is 1. The number of hydrogen-bond donors (Lipinski definition) is 1. The summed E-state index contributed by atoms with van der Waals surface area (Å²) in [5.74, 6) is -0.462. The van der Waals surface area contributed by atoms with E-state index in [1.807, 2.05) is 13.0 Å². The number of rotatable bonds is 4. The van der Waals surface area contributed by atoms with E-state index in [1.54, 1.807) is 18.2 Å². The molecule has 1 aromatic heterocycles. The molecule has 0 spiro atoms. The first-order chi connectivity index (χ1) is 13.9. The van der Waals surface area contributed by atoms with Gasteiger partial charge < -0.3 is 5.73 Å². The predicted octanol–water partition coefficient (Wildman–Crippen LogP) is 4.09. The summed E-state index contributed by atoms with van der Waals surface area (Å²) in [6, 6.07) is 9.79. The second-order valence-corrected chi connectivity index (χ2v) is 8.49. The minimum Gasteiger partial charge on any atom is -0.378 e. The smallest absolute Gasteiger partial charge is 0.185 e. The Balaban J connectivity index is 1.66. The number of aromatic nitrogens is 1. The first kappa shape index (κ1) is 19.3. The van der Waals surface area contributed by atoms with E-state index < -0.39 is 5.54 Å². The van der Waals surface area contributed by atoms with Crippen molar-refractivity contribution >= 4 is 22.7 Å². The van der Waals surface area contributed by atoms with Crippen LogP contribution in [0.2, 0.25) is 0 Å². The summed E-state index contributed by atoms with van der Waals surface area (Å²) < 4.78 is 14.9. The predicted molar refractivity (Wildman–Crippen MR) is 111 cm³/mol. The molecule has 1 aromatic carbocycles. The van der Waals surface area contributed by atoms with Gasteiger partial charge in [-0.15, -0.1) is 0 Å². The average molecular weight is 406 g/mol. The van der Waals surface area contributed by atoms with Gasteiger partial charge in [-0.25, -0.2) is 4.39 Å². The molecule has 0 saturated carbocycles. The number of carbonyl (C=O) groups excluding carboxylic acids is 1. The van der Waals surface area contributed by atoms with Crippen LogP contribution in [0.25, 0.3) is 0 Å². The van der Waals surface area contributed by atoms with Gasteiger partial charge in [-0.1, -0.05) is 23.9 Å². The van der Waals surface area contributed by atoms with Crippen LogP contribution >= 0.6 is 11.8 Å². The summed E-state index contributed by atoms with van der Waals surface area (Å²) >= 11 is 1.46. The van der Waals surface area contributed by atoms with Crippen LogP contribution < -0.4 is 5.73 Å². The highest BCUT2D eigenvalue weighted by atomic mass is 32.2. The van der Waals surface area contributed by atoms with Crippen LogP contribution in [0.4, 0.5) is 4.39 Å². The first-order valence-electron chi connectivity index (χ1n) is 9.32. The third-order valence-electron chi connectivity index (χ3n) is 5.51. The molecule has 0 bridgehead atoms. The van der Waals surface area contributed by atoms with Crippen molar-refractivity contribution in [2.45, 2.75) is 31.7 Å². The number of carbonyl (C=O) groups is 1. The summed E-state index contributed by atoms with van der Waals surface area (Å²) in [6.45, 7) is 1.91. The molecule has 2 atom stereocenters. The lowest BCUT2D eigenvalue weighted by Gasteiger charge is -2.37. The molecular formula is C22H19FN4OS. The normalized spacial score (nSPS) is 23.0. The molecule has 1 aliphatic carbocycles. The number of fused-ring (bicyclic) bond motifs is 1. The van der Waals surface area contributed by atoms with Gasteiger partial charge in [0.05, 0.1) is 11.1 Å². The molecule has 2 aliphatic rings. The molecule has 0 radical (unpaired) electrons. The fourth-order valence-electron chi connectivity index (χ4n) is 4.02. The van der Waals surface area contributed by atoms with Gasteiger partial charge in [-0.2, -0.15) is 5.26 Å². The SMILES string of the molecule is C[C@]1(c2cc(CC(=O)c3ccc(C#N)cn3)ccc2F)N=C(N)SC2=CCCC21. The van der Waals surface area contributed by atoms with Crippen molar-refractivity contribution in [3.05, 3.63) is 75.7 Å². The number of aliphatic imine (C=N–C) groups is 1. The number of nitrogens with two attached hydrogens (primary N) is 1. The van der Waals surface area contributed by atoms with Crippen LogP contribution in [0.3, 0.4) is 0 Å². The highest BCUT2D eigenvalue weighted by Gasteiger charge is 2.44. The Morgan fingerprint density at radius 3 is 2.97 bits per heavy atom. The number of nitriles is 1. The number of benzene rings is 1. The number of Topliss-reactive ketones (excluding diaryl/α,β-unsaturated/α-hetero) is 1. The molecule has 2 N–H and O–H groups in total. The second kappa shape index (κ2) is 7.45. The Kier molecular flexibility index (Phi) is 4.97. The van der Waals surface area contributed by atoms with Gasteiger partial charge in [0.25, 0.3) is 0 Å². The Morgan fingerprint density at radius 1 is 1.41 bits per heavy atom. The Bertz CT molecular complexity index is 1090. The minimum absolute atomic E-state index is 0.0837. The summed E-state index contributed by atoms with van der Waals surface area (Å²) in [4.78, 5) is 22.4. The minimum atomic E-state index is -0.798. The van der Waals surface area contributed by atoms with Crippen LogP contribution in [0.15, 0.2) is 52.5 Å². The summed E-state index contributed by atoms with van der Waals surface area (Å²) in [5.41, 5.74) is 7.05. The van der Waals surface area contributed by atoms with Crippen molar-refractivity contribution in [1.29, 1.82) is 5.26 Å². The third kappa shape index (κ3) is 3.56. The van der Waals surface area contributed by atoms with E-state index in [4.69, 9.17) is 11.0 Å². The number of allylic oxidation sites excluding steroid dienone is 1. The number of pyridine rings is 1. The van der Waals surface area contributed by atoms with E-state index in [0.29, 0.717) is 21.9 Å². The van der Waals surface area contributed by atoms with E-state index in [9.17, 15) is 9.18 Å². The number of nitrogens with zero attached hydrogens (tertiary/aromatic N) is 3. The van der Waals surface area contributed by atoms with Crippen LogP contribution in [0, 0.1) is 23.1 Å². The van der Waals surface area contributed by atoms with Crippen molar-refractivity contribution in [3.63, 3.8) is 0 Å². The monoisotopic (exact) mass is 406 g/mol. The topological polar surface area (TPSA) is 92.1 Å². The van der Waals surface area contributed by atoms with E-state index in [0.717, 1.165) is 17.7 Å². The molecule has 2 aromatic rings. The number of halogens is 1. The largest absolute Gasteiger partial charge is 0.378 e. The standard InChI is InChI=1S/C22H19FN4OS/c1-22(15-3-2-4-20(15)29-21(25)27-22)16-9-13(5-7-17(16)23)10-19(28)18-8-6-14(11-24)12-26-18/h4-9,12,15H,2-3,10H2,1H3,(H2,25,27)/t15?,22-/m0/s1. The molecule has 7 heteroatoms. The van der Waals surface area contributed by atoms with Gasteiger partial charge >= 0.3 is 0 Å². The second-order valence-electron chi connectivity index (χ2n) is 7.39. The number of amidine groups is 1.